The average molecular weight is 567 g/mol. The highest BCUT2D eigenvalue weighted by Gasteiger charge is 2.37. The van der Waals surface area contributed by atoms with Gasteiger partial charge >= 0.3 is 0 Å². The van der Waals surface area contributed by atoms with E-state index >= 15 is 0 Å². The van der Waals surface area contributed by atoms with Crippen LogP contribution in [-0.2, 0) is 19.5 Å². The molecule has 0 saturated heterocycles. The van der Waals surface area contributed by atoms with E-state index in [1.54, 1.807) is 29.9 Å². The normalized spacial score (nSPS) is 19.2. The Morgan fingerprint density at radius 3 is 2.26 bits per heavy atom. The lowest BCUT2D eigenvalue weighted by molar-refractivity contribution is 0.0950. The van der Waals surface area contributed by atoms with Crippen molar-refractivity contribution in [1.82, 2.24) is 24.7 Å². The van der Waals surface area contributed by atoms with Crippen LogP contribution in [0, 0.1) is 0 Å². The highest BCUT2D eigenvalue weighted by atomic mass is 35.5. The molecule has 0 aliphatic heterocycles. The number of ether oxygens (including phenoxy) is 4. The number of nitrogens with zero attached hydrogens (tertiary/aromatic N) is 5. The number of halogens is 1. The Hall–Kier alpha value is -3.00. The summed E-state index contributed by atoms with van der Waals surface area (Å²) in [6, 6.07) is 5.30. The van der Waals surface area contributed by atoms with Crippen LogP contribution in [0.25, 0.3) is 5.69 Å². The van der Waals surface area contributed by atoms with Gasteiger partial charge in [0.1, 0.15) is 34.4 Å². The van der Waals surface area contributed by atoms with Crippen LogP contribution in [-0.4, -0.2) is 72.9 Å². The molecule has 1 aromatic carbocycles. The Bertz CT molecular complexity index is 1330. The largest absolute Gasteiger partial charge is 0.494 e. The van der Waals surface area contributed by atoms with Crippen molar-refractivity contribution < 1.29 is 27.4 Å². The molecule has 1 aliphatic carbocycles. The molecule has 1 N–H and O–H groups in total. The number of anilines is 1. The maximum atomic E-state index is 13.6. The zero-order valence-corrected chi connectivity index (χ0v) is 23.4. The monoisotopic (exact) mass is 566 g/mol. The number of methoxy groups -OCH3 is 4. The number of nitrogens with one attached hydrogen (secondary N) is 1. The molecule has 0 radical (unpaired) electrons. The van der Waals surface area contributed by atoms with Gasteiger partial charge in [-0.15, -0.1) is 10.2 Å². The van der Waals surface area contributed by atoms with E-state index < -0.39 is 21.4 Å². The lowest BCUT2D eigenvalue weighted by Gasteiger charge is -2.23. The fourth-order valence-corrected chi connectivity index (χ4v) is 5.88. The third-order valence-electron chi connectivity index (χ3n) is 6.69. The molecular formula is C24H31ClN6O6S. The van der Waals surface area contributed by atoms with Crippen LogP contribution in [0.2, 0.25) is 5.02 Å². The minimum Gasteiger partial charge on any atom is -0.494 e. The first-order chi connectivity index (χ1) is 18.2. The number of hydrogen-bond acceptors (Lipinski definition) is 10. The minimum atomic E-state index is -4.10. The van der Waals surface area contributed by atoms with Gasteiger partial charge in [0.05, 0.1) is 25.3 Å². The van der Waals surface area contributed by atoms with Crippen molar-refractivity contribution in [1.29, 1.82) is 0 Å². The van der Waals surface area contributed by atoms with Crippen LogP contribution >= 0.6 is 11.6 Å². The number of benzene rings is 1. The molecule has 4 rings (SSSR count). The van der Waals surface area contributed by atoms with Crippen molar-refractivity contribution in [3.05, 3.63) is 47.3 Å². The summed E-state index contributed by atoms with van der Waals surface area (Å²) in [6.45, 7) is 1.50. The van der Waals surface area contributed by atoms with Gasteiger partial charge in [0.15, 0.2) is 5.82 Å². The van der Waals surface area contributed by atoms with E-state index in [1.165, 1.54) is 40.6 Å². The molecule has 4 atom stereocenters. The van der Waals surface area contributed by atoms with E-state index in [4.69, 9.17) is 30.5 Å². The molecule has 1 saturated carbocycles. The topological polar surface area (TPSA) is 140 Å². The fraction of sp³-hybridized carbons (Fsp3) is 0.500. The summed E-state index contributed by atoms with van der Waals surface area (Å²) in [5, 5.41) is 7.90. The molecule has 14 heteroatoms. The Morgan fingerprint density at radius 1 is 1.05 bits per heavy atom. The number of hydrogen-bond donors (Lipinski definition) is 1. The molecule has 206 valence electrons. The highest BCUT2D eigenvalue weighted by Crippen LogP contribution is 2.41. The molecule has 1 fully saturated rings. The molecule has 12 nitrogen and oxygen atoms in total. The SMILES string of the molecule is COc1cccc(OC)c1-n1c(NS(=O)(=O)[C@@H](C)[C@H](OC)c2ncc(Cl)cn2)nnc1C1CC[C@H](OC)C1. The smallest absolute Gasteiger partial charge is 0.243 e. The molecule has 3 aromatic rings. The van der Waals surface area contributed by atoms with Crippen molar-refractivity contribution in [2.75, 3.05) is 33.2 Å². The van der Waals surface area contributed by atoms with Crippen LogP contribution < -0.4 is 14.2 Å². The third-order valence-corrected chi connectivity index (χ3v) is 8.58. The predicted molar refractivity (Wildman–Crippen MR) is 141 cm³/mol. The van der Waals surface area contributed by atoms with E-state index in [-0.39, 0.29) is 23.8 Å². The maximum absolute atomic E-state index is 13.6. The van der Waals surface area contributed by atoms with Gasteiger partial charge in [0, 0.05) is 32.5 Å². The van der Waals surface area contributed by atoms with Gasteiger partial charge in [-0.1, -0.05) is 17.7 Å². The third kappa shape index (κ3) is 5.55. The van der Waals surface area contributed by atoms with Crippen LogP contribution in [0.3, 0.4) is 0 Å². The predicted octanol–water partition coefficient (Wildman–Crippen LogP) is 3.53. The van der Waals surface area contributed by atoms with E-state index in [2.05, 4.69) is 24.9 Å². The van der Waals surface area contributed by atoms with Crippen molar-refractivity contribution >= 4 is 27.6 Å². The summed E-state index contributed by atoms with van der Waals surface area (Å²) in [5.74, 6) is 1.64. The molecular weight excluding hydrogens is 536 g/mol. The van der Waals surface area contributed by atoms with Gasteiger partial charge in [-0.25, -0.2) is 18.4 Å². The first-order valence-electron chi connectivity index (χ1n) is 11.9. The number of rotatable bonds is 11. The molecule has 38 heavy (non-hydrogen) atoms. The van der Waals surface area contributed by atoms with Gasteiger partial charge in [-0.3, -0.25) is 9.29 Å². The van der Waals surface area contributed by atoms with Crippen LogP contribution in [0.1, 0.15) is 49.9 Å². The van der Waals surface area contributed by atoms with Gasteiger partial charge in [-0.05, 0) is 38.3 Å². The van der Waals surface area contributed by atoms with Gasteiger partial charge < -0.3 is 18.9 Å². The molecule has 0 spiro atoms. The Labute approximate surface area is 226 Å². The summed E-state index contributed by atoms with van der Waals surface area (Å²) in [6.07, 6.45) is 4.24. The lowest BCUT2D eigenvalue weighted by Crippen LogP contribution is -2.33. The zero-order valence-electron chi connectivity index (χ0n) is 21.8. The molecule has 0 amide bonds. The number of sulfonamides is 1. The first-order valence-corrected chi connectivity index (χ1v) is 13.9. The molecule has 0 bridgehead atoms. The lowest BCUT2D eigenvalue weighted by atomic mass is 10.1. The first kappa shape index (κ1) is 28.0. The summed E-state index contributed by atoms with van der Waals surface area (Å²) < 4.78 is 53.8. The Balaban J connectivity index is 1.78. The second-order valence-corrected chi connectivity index (χ2v) is 11.3. The van der Waals surface area contributed by atoms with Crippen molar-refractivity contribution in [3.63, 3.8) is 0 Å². The van der Waals surface area contributed by atoms with Crippen LogP contribution in [0.15, 0.2) is 30.6 Å². The van der Waals surface area contributed by atoms with E-state index in [1.807, 2.05) is 0 Å². The maximum Gasteiger partial charge on any atom is 0.243 e. The second kappa shape index (κ2) is 11.8. The molecule has 2 heterocycles. The summed E-state index contributed by atoms with van der Waals surface area (Å²) in [4.78, 5) is 8.27. The fourth-order valence-electron chi connectivity index (χ4n) is 4.65. The molecule has 1 unspecified atom stereocenters. The van der Waals surface area contributed by atoms with E-state index in [9.17, 15) is 8.42 Å². The summed E-state index contributed by atoms with van der Waals surface area (Å²) in [7, 11) is 2.03. The van der Waals surface area contributed by atoms with Gasteiger partial charge in [-0.2, -0.15) is 0 Å². The Morgan fingerprint density at radius 2 is 1.71 bits per heavy atom. The minimum absolute atomic E-state index is 0.0117. The van der Waals surface area contributed by atoms with Crippen molar-refractivity contribution in [2.24, 2.45) is 0 Å². The zero-order chi connectivity index (χ0) is 27.4. The number of para-hydroxylation sites is 1. The van der Waals surface area contributed by atoms with E-state index in [0.29, 0.717) is 28.0 Å². The summed E-state index contributed by atoms with van der Waals surface area (Å²) >= 11 is 5.89. The average Bonchev–Trinajstić information content (AvgIpc) is 3.56. The molecule has 2 aromatic heterocycles. The van der Waals surface area contributed by atoms with Gasteiger partial charge in [0.2, 0.25) is 16.0 Å². The molecule has 1 aliphatic rings. The van der Waals surface area contributed by atoms with Crippen LogP contribution in [0.4, 0.5) is 5.95 Å². The number of aromatic nitrogens is 5. The Kier molecular flexibility index (Phi) is 8.71. The van der Waals surface area contributed by atoms with Gasteiger partial charge in [0.25, 0.3) is 0 Å². The summed E-state index contributed by atoms with van der Waals surface area (Å²) in [5.41, 5.74) is 0.480. The standard InChI is InChI=1S/C24H31ClN6O6S/c1-14(21(37-5)22-26-12-16(25)13-27-22)38(32,33)30-24-29-28-23(15-9-10-17(11-15)34-2)31(24)20-18(35-3)7-6-8-19(20)36-4/h6-8,12-15,17,21H,9-11H2,1-5H3,(H,29,30)/t14-,15?,17-,21-/m0/s1. The quantitative estimate of drug-likeness (QED) is 0.366. The van der Waals surface area contributed by atoms with Crippen molar-refractivity contribution in [2.45, 2.75) is 49.6 Å². The van der Waals surface area contributed by atoms with Crippen LogP contribution in [0.5, 0.6) is 11.5 Å². The second-order valence-electron chi connectivity index (χ2n) is 8.86. The van der Waals surface area contributed by atoms with Crippen molar-refractivity contribution in [3.8, 4) is 17.2 Å². The highest BCUT2D eigenvalue weighted by molar-refractivity contribution is 7.93. The van der Waals surface area contributed by atoms with E-state index in [0.717, 1.165) is 19.3 Å².